The molecule has 0 atom stereocenters. The van der Waals surface area contributed by atoms with Crippen molar-refractivity contribution >= 4 is 43.1 Å². The number of thiophene rings is 1. The molecule has 0 spiro atoms. The van der Waals surface area contributed by atoms with Crippen LogP contribution in [0.2, 0.25) is 0 Å². The fraction of sp³-hybridized carbons (Fsp3) is 0.125. The minimum atomic E-state index is 0.594. The maximum atomic E-state index is 5.62. The topological polar surface area (TPSA) is 0 Å². The first-order valence-corrected chi connectivity index (χ1v) is 7.20. The quantitative estimate of drug-likeness (QED) is 0.429. The molecule has 0 aliphatic heterocycles. The van der Waals surface area contributed by atoms with Crippen LogP contribution in [0.1, 0.15) is 12.0 Å². The van der Waals surface area contributed by atoms with E-state index in [0.29, 0.717) is 5.88 Å². The first-order valence-electron chi connectivity index (χ1n) is 5.84. The lowest BCUT2D eigenvalue weighted by molar-refractivity contribution is 1.29. The van der Waals surface area contributed by atoms with E-state index in [2.05, 4.69) is 54.3 Å². The smallest absolute Gasteiger partial charge is 0.0356 e. The van der Waals surface area contributed by atoms with Crippen molar-refractivity contribution in [3.05, 3.63) is 48.0 Å². The van der Waals surface area contributed by atoms with Crippen LogP contribution in [0.3, 0.4) is 0 Å². The minimum absolute atomic E-state index is 0.594. The van der Waals surface area contributed by atoms with Crippen LogP contribution in [0.4, 0.5) is 0 Å². The number of fused-ring (bicyclic) bond motifs is 3. The normalized spacial score (nSPS) is 10.5. The van der Waals surface area contributed by atoms with E-state index in [1.54, 1.807) is 0 Å². The number of benzene rings is 2. The van der Waals surface area contributed by atoms with Gasteiger partial charge in [-0.2, -0.15) is 0 Å². The second kappa shape index (κ2) is 5.02. The number of hydrogen-bond acceptors (Lipinski definition) is 1. The van der Waals surface area contributed by atoms with Crippen LogP contribution in [0.15, 0.2) is 42.5 Å². The molecule has 0 N–H and O–H groups in total. The predicted octanol–water partition coefficient (Wildman–Crippen LogP) is 5.03. The molecule has 0 unspecified atom stereocenters. The SMILES string of the molecule is ClCCC#Cc1ccc2sc3ccccc3c2c1. The second-order valence-corrected chi connectivity index (χ2v) is 5.51. The highest BCUT2D eigenvalue weighted by atomic mass is 35.5. The molecule has 0 saturated heterocycles. The molecule has 2 heteroatoms. The van der Waals surface area contributed by atoms with Crippen LogP contribution in [0.5, 0.6) is 0 Å². The Hall–Kier alpha value is -1.49. The summed E-state index contributed by atoms with van der Waals surface area (Å²) < 4.78 is 2.65. The standard InChI is InChI=1S/C16H11ClS/c17-10-4-3-5-12-8-9-16-14(11-12)13-6-1-2-7-15(13)18-16/h1-2,6-9,11H,4,10H2. The van der Waals surface area contributed by atoms with Crippen molar-refractivity contribution in [1.29, 1.82) is 0 Å². The van der Waals surface area contributed by atoms with E-state index in [0.717, 1.165) is 12.0 Å². The summed E-state index contributed by atoms with van der Waals surface area (Å²) in [6.45, 7) is 0. The largest absolute Gasteiger partial charge is 0.135 e. The Morgan fingerprint density at radius 1 is 1.00 bits per heavy atom. The molecular weight excluding hydrogens is 260 g/mol. The van der Waals surface area contributed by atoms with Crippen LogP contribution in [-0.4, -0.2) is 5.88 Å². The predicted molar refractivity (Wildman–Crippen MR) is 81.5 cm³/mol. The van der Waals surface area contributed by atoms with Gasteiger partial charge in [-0.15, -0.1) is 22.9 Å². The summed E-state index contributed by atoms with van der Waals surface area (Å²) in [4.78, 5) is 0. The first kappa shape index (κ1) is 11.6. The maximum absolute atomic E-state index is 5.62. The molecule has 0 fully saturated rings. The molecule has 0 nitrogen and oxygen atoms in total. The van der Waals surface area contributed by atoms with Gasteiger partial charge in [-0.1, -0.05) is 30.0 Å². The Labute approximate surface area is 115 Å². The lowest BCUT2D eigenvalue weighted by Gasteiger charge is -1.93. The molecule has 0 amide bonds. The monoisotopic (exact) mass is 270 g/mol. The van der Waals surface area contributed by atoms with E-state index in [4.69, 9.17) is 11.6 Å². The summed E-state index contributed by atoms with van der Waals surface area (Å²) in [6, 6.07) is 14.9. The summed E-state index contributed by atoms with van der Waals surface area (Å²) in [7, 11) is 0. The first-order chi connectivity index (χ1) is 8.88. The molecule has 1 heterocycles. The molecular formula is C16H11ClS. The molecule has 0 radical (unpaired) electrons. The van der Waals surface area contributed by atoms with Gasteiger partial charge in [0.25, 0.3) is 0 Å². The summed E-state index contributed by atoms with van der Waals surface area (Å²) in [5.74, 6) is 6.83. The van der Waals surface area contributed by atoms with Crippen molar-refractivity contribution in [3.8, 4) is 11.8 Å². The Balaban J connectivity index is 2.16. The van der Waals surface area contributed by atoms with E-state index in [1.807, 2.05) is 11.3 Å². The van der Waals surface area contributed by atoms with Crippen LogP contribution in [-0.2, 0) is 0 Å². The molecule has 0 saturated carbocycles. The van der Waals surface area contributed by atoms with Gasteiger partial charge in [0.15, 0.2) is 0 Å². The highest BCUT2D eigenvalue weighted by Crippen LogP contribution is 2.33. The molecule has 18 heavy (non-hydrogen) atoms. The Morgan fingerprint density at radius 2 is 1.83 bits per heavy atom. The zero-order chi connectivity index (χ0) is 12.4. The van der Waals surface area contributed by atoms with Gasteiger partial charge in [0.2, 0.25) is 0 Å². The maximum Gasteiger partial charge on any atom is 0.0356 e. The molecule has 3 aromatic rings. The molecule has 3 rings (SSSR count). The number of hydrogen-bond donors (Lipinski definition) is 0. The third-order valence-electron chi connectivity index (χ3n) is 2.83. The number of halogens is 1. The lowest BCUT2D eigenvalue weighted by Crippen LogP contribution is -1.74. The van der Waals surface area contributed by atoms with Crippen molar-refractivity contribution < 1.29 is 0 Å². The van der Waals surface area contributed by atoms with Crippen LogP contribution in [0, 0.1) is 11.8 Å². The Morgan fingerprint density at radius 3 is 2.72 bits per heavy atom. The lowest BCUT2D eigenvalue weighted by atomic mass is 10.1. The van der Waals surface area contributed by atoms with E-state index < -0.39 is 0 Å². The van der Waals surface area contributed by atoms with E-state index >= 15 is 0 Å². The fourth-order valence-electron chi connectivity index (χ4n) is 2.02. The van der Waals surface area contributed by atoms with Gasteiger partial charge in [0.05, 0.1) is 0 Å². The van der Waals surface area contributed by atoms with Gasteiger partial charge < -0.3 is 0 Å². The van der Waals surface area contributed by atoms with Gasteiger partial charge in [-0.3, -0.25) is 0 Å². The fourth-order valence-corrected chi connectivity index (χ4v) is 3.20. The Bertz CT molecular complexity index is 759. The third-order valence-corrected chi connectivity index (χ3v) is 4.17. The molecule has 0 bridgehead atoms. The van der Waals surface area contributed by atoms with Gasteiger partial charge in [0.1, 0.15) is 0 Å². The van der Waals surface area contributed by atoms with E-state index in [9.17, 15) is 0 Å². The minimum Gasteiger partial charge on any atom is -0.135 e. The molecule has 2 aromatic carbocycles. The van der Waals surface area contributed by atoms with Crippen molar-refractivity contribution in [3.63, 3.8) is 0 Å². The average Bonchev–Trinajstić information content (AvgIpc) is 2.77. The Kier molecular flexibility index (Phi) is 3.23. The van der Waals surface area contributed by atoms with Crippen molar-refractivity contribution in [2.45, 2.75) is 6.42 Å². The van der Waals surface area contributed by atoms with Crippen LogP contribution in [0.25, 0.3) is 20.2 Å². The van der Waals surface area contributed by atoms with Crippen molar-refractivity contribution in [2.24, 2.45) is 0 Å². The zero-order valence-corrected chi connectivity index (χ0v) is 11.3. The second-order valence-electron chi connectivity index (χ2n) is 4.05. The third kappa shape index (κ3) is 2.10. The van der Waals surface area contributed by atoms with E-state index in [1.165, 1.54) is 20.2 Å². The summed E-state index contributed by atoms with van der Waals surface area (Å²) in [5.41, 5.74) is 1.07. The molecule has 0 aliphatic rings. The van der Waals surface area contributed by atoms with Crippen molar-refractivity contribution in [2.75, 3.05) is 5.88 Å². The van der Waals surface area contributed by atoms with Crippen LogP contribution >= 0.6 is 22.9 Å². The molecule has 0 aliphatic carbocycles. The molecule has 1 aromatic heterocycles. The summed E-state index contributed by atoms with van der Waals surface area (Å²) >= 11 is 7.45. The van der Waals surface area contributed by atoms with Crippen LogP contribution < -0.4 is 0 Å². The van der Waals surface area contributed by atoms with Gasteiger partial charge in [0, 0.05) is 38.0 Å². The number of alkyl halides is 1. The number of rotatable bonds is 1. The van der Waals surface area contributed by atoms with Gasteiger partial charge in [-0.05, 0) is 24.3 Å². The zero-order valence-electron chi connectivity index (χ0n) is 9.74. The van der Waals surface area contributed by atoms with Crippen molar-refractivity contribution in [1.82, 2.24) is 0 Å². The van der Waals surface area contributed by atoms with Gasteiger partial charge in [-0.25, -0.2) is 0 Å². The van der Waals surface area contributed by atoms with Gasteiger partial charge >= 0.3 is 0 Å². The highest BCUT2D eigenvalue weighted by molar-refractivity contribution is 7.25. The average molecular weight is 271 g/mol. The van der Waals surface area contributed by atoms with E-state index in [-0.39, 0.29) is 0 Å². The molecule has 88 valence electrons. The summed E-state index contributed by atoms with van der Waals surface area (Å²) in [6.07, 6.45) is 0.740. The highest BCUT2D eigenvalue weighted by Gasteiger charge is 2.03. The summed E-state index contributed by atoms with van der Waals surface area (Å²) in [5, 5.41) is 2.62.